The van der Waals surface area contributed by atoms with Crippen molar-refractivity contribution in [2.75, 3.05) is 13.1 Å². The third-order valence-electron chi connectivity index (χ3n) is 4.65. The highest BCUT2D eigenvalue weighted by atomic mass is 16.4. The van der Waals surface area contributed by atoms with Crippen LogP contribution in [0, 0.1) is 26.7 Å². The number of piperidine rings is 1. The van der Waals surface area contributed by atoms with E-state index in [2.05, 4.69) is 0 Å². The van der Waals surface area contributed by atoms with Crippen molar-refractivity contribution in [1.29, 1.82) is 0 Å². The first kappa shape index (κ1) is 16.7. The molecule has 120 valence electrons. The summed E-state index contributed by atoms with van der Waals surface area (Å²) in [4.78, 5) is 26.1. The summed E-state index contributed by atoms with van der Waals surface area (Å²) >= 11 is 0. The van der Waals surface area contributed by atoms with Crippen molar-refractivity contribution in [3.05, 3.63) is 34.4 Å². The van der Waals surface area contributed by atoms with Gasteiger partial charge in [0, 0.05) is 12.1 Å². The van der Waals surface area contributed by atoms with Gasteiger partial charge in [0.1, 0.15) is 0 Å². The molecule has 1 aromatic rings. The van der Waals surface area contributed by atoms with Crippen molar-refractivity contribution in [2.24, 2.45) is 5.92 Å². The number of carbonyl (C=O) groups is 2. The Morgan fingerprint density at radius 1 is 1.23 bits per heavy atom. The maximum Gasteiger partial charge on any atom is 0.307 e. The Bertz CT molecular complexity index is 571. The molecule has 2 rings (SSSR count). The Labute approximate surface area is 132 Å². The average molecular weight is 303 g/mol. The minimum Gasteiger partial charge on any atom is -0.481 e. The molecule has 0 spiro atoms. The Hall–Kier alpha value is -1.68. The number of hydrogen-bond acceptors (Lipinski definition) is 3. The fourth-order valence-corrected chi connectivity index (χ4v) is 3.50. The van der Waals surface area contributed by atoms with Crippen LogP contribution in [0.5, 0.6) is 0 Å². The molecule has 2 unspecified atom stereocenters. The predicted molar refractivity (Wildman–Crippen MR) is 86.4 cm³/mol. The zero-order valence-corrected chi connectivity index (χ0v) is 13.8. The Morgan fingerprint density at radius 2 is 1.82 bits per heavy atom. The van der Waals surface area contributed by atoms with E-state index in [-0.39, 0.29) is 17.7 Å². The van der Waals surface area contributed by atoms with Crippen molar-refractivity contribution in [3.8, 4) is 0 Å². The van der Waals surface area contributed by atoms with E-state index in [0.717, 1.165) is 35.2 Å². The molecule has 1 heterocycles. The van der Waals surface area contributed by atoms with Gasteiger partial charge in [-0.15, -0.1) is 0 Å². The molecule has 1 aliphatic rings. The van der Waals surface area contributed by atoms with E-state index in [4.69, 9.17) is 0 Å². The maximum absolute atomic E-state index is 12.9. The second-order valence-electron chi connectivity index (χ2n) is 6.49. The van der Waals surface area contributed by atoms with Crippen LogP contribution in [-0.2, 0) is 4.79 Å². The number of aliphatic carboxylic acids is 1. The van der Waals surface area contributed by atoms with E-state index in [1.165, 1.54) is 0 Å². The van der Waals surface area contributed by atoms with E-state index in [1.54, 1.807) is 0 Å². The second kappa shape index (κ2) is 6.61. The summed E-state index contributed by atoms with van der Waals surface area (Å²) in [5, 5.41) is 9.20. The molecule has 4 nitrogen and oxygen atoms in total. The van der Waals surface area contributed by atoms with Crippen LogP contribution in [0.3, 0.4) is 0 Å². The number of hydrogen-bond donors (Lipinski definition) is 1. The fraction of sp³-hybridized carbons (Fsp3) is 0.556. The first-order valence-electron chi connectivity index (χ1n) is 7.90. The van der Waals surface area contributed by atoms with Crippen molar-refractivity contribution < 1.29 is 14.7 Å². The summed E-state index contributed by atoms with van der Waals surface area (Å²) in [6.45, 7) is 9.12. The van der Waals surface area contributed by atoms with Crippen LogP contribution < -0.4 is 0 Å². The minimum atomic E-state index is -0.757. The molecule has 1 N–H and O–H groups in total. The van der Waals surface area contributed by atoms with Gasteiger partial charge in [-0.05, 0) is 58.2 Å². The summed E-state index contributed by atoms with van der Waals surface area (Å²) in [5.74, 6) is -1.02. The fourth-order valence-electron chi connectivity index (χ4n) is 3.50. The van der Waals surface area contributed by atoms with E-state index in [9.17, 15) is 14.7 Å². The van der Waals surface area contributed by atoms with Gasteiger partial charge in [0.2, 0.25) is 0 Å². The highest BCUT2D eigenvalue weighted by Crippen LogP contribution is 2.23. The van der Waals surface area contributed by atoms with Gasteiger partial charge in [0.05, 0.1) is 12.0 Å². The van der Waals surface area contributed by atoms with E-state index in [0.29, 0.717) is 13.0 Å². The lowest BCUT2D eigenvalue weighted by molar-refractivity contribution is -0.143. The topological polar surface area (TPSA) is 57.6 Å². The third-order valence-corrected chi connectivity index (χ3v) is 4.65. The number of carboxylic acid groups (broad SMARTS) is 1. The van der Waals surface area contributed by atoms with Crippen molar-refractivity contribution in [3.63, 3.8) is 0 Å². The van der Waals surface area contributed by atoms with Crippen LogP contribution in [0.15, 0.2) is 12.1 Å². The highest BCUT2D eigenvalue weighted by Gasteiger charge is 2.31. The van der Waals surface area contributed by atoms with Gasteiger partial charge in [-0.3, -0.25) is 14.5 Å². The van der Waals surface area contributed by atoms with Gasteiger partial charge in [0.15, 0.2) is 5.78 Å². The molecule has 22 heavy (non-hydrogen) atoms. The summed E-state index contributed by atoms with van der Waals surface area (Å²) in [6, 6.07) is 3.79. The van der Waals surface area contributed by atoms with E-state index in [1.807, 2.05) is 44.7 Å². The first-order chi connectivity index (χ1) is 10.3. The standard InChI is InChI=1S/C18H25NO3/c1-11-8-12(2)16(13(3)9-11)17(20)14(4)19-7-5-6-15(10-19)18(21)22/h8-9,14-15H,5-7,10H2,1-4H3,(H,21,22). The van der Waals surface area contributed by atoms with Crippen molar-refractivity contribution in [2.45, 2.75) is 46.6 Å². The van der Waals surface area contributed by atoms with Crippen LogP contribution in [0.2, 0.25) is 0 Å². The lowest BCUT2D eigenvalue weighted by Gasteiger charge is -2.34. The Balaban J connectivity index is 2.21. The largest absolute Gasteiger partial charge is 0.481 e. The molecule has 1 aliphatic heterocycles. The summed E-state index contributed by atoms with van der Waals surface area (Å²) in [7, 11) is 0. The molecular formula is C18H25NO3. The molecule has 1 fully saturated rings. The molecule has 0 saturated carbocycles. The molecule has 0 aliphatic carbocycles. The maximum atomic E-state index is 12.9. The highest BCUT2D eigenvalue weighted by molar-refractivity contribution is 6.02. The number of ketones is 1. The van der Waals surface area contributed by atoms with Crippen LogP contribution in [0.25, 0.3) is 0 Å². The number of carbonyl (C=O) groups excluding carboxylic acids is 1. The van der Waals surface area contributed by atoms with Crippen LogP contribution in [-0.4, -0.2) is 40.9 Å². The summed E-state index contributed by atoms with van der Waals surface area (Å²) in [6.07, 6.45) is 1.54. The smallest absolute Gasteiger partial charge is 0.307 e. The molecule has 2 atom stereocenters. The summed E-state index contributed by atoms with van der Waals surface area (Å²) in [5.41, 5.74) is 3.95. The molecule has 0 bridgehead atoms. The van der Waals surface area contributed by atoms with Crippen LogP contribution in [0.1, 0.15) is 46.8 Å². The SMILES string of the molecule is Cc1cc(C)c(C(=O)C(C)N2CCCC(C(=O)O)C2)c(C)c1. The monoisotopic (exact) mass is 303 g/mol. The number of carboxylic acids is 1. The summed E-state index contributed by atoms with van der Waals surface area (Å²) < 4.78 is 0. The van der Waals surface area contributed by atoms with Gasteiger partial charge in [-0.1, -0.05) is 17.7 Å². The zero-order valence-electron chi connectivity index (χ0n) is 13.8. The Morgan fingerprint density at radius 3 is 2.36 bits per heavy atom. The average Bonchev–Trinajstić information content (AvgIpc) is 2.45. The minimum absolute atomic E-state index is 0.0982. The van der Waals surface area contributed by atoms with Crippen LogP contribution in [0.4, 0.5) is 0 Å². The molecule has 0 aromatic heterocycles. The zero-order chi connectivity index (χ0) is 16.4. The van der Waals surface area contributed by atoms with E-state index < -0.39 is 5.97 Å². The van der Waals surface area contributed by atoms with Gasteiger partial charge in [-0.25, -0.2) is 0 Å². The van der Waals surface area contributed by atoms with Gasteiger partial charge < -0.3 is 5.11 Å². The van der Waals surface area contributed by atoms with Crippen LogP contribution >= 0.6 is 0 Å². The van der Waals surface area contributed by atoms with Crippen molar-refractivity contribution in [1.82, 2.24) is 4.90 Å². The normalized spacial score (nSPS) is 20.6. The molecule has 0 radical (unpaired) electrons. The quantitative estimate of drug-likeness (QED) is 0.869. The lowest BCUT2D eigenvalue weighted by atomic mass is 9.91. The van der Waals surface area contributed by atoms with Crippen molar-refractivity contribution >= 4 is 11.8 Å². The number of nitrogens with zero attached hydrogens (tertiary/aromatic N) is 1. The predicted octanol–water partition coefficient (Wildman–Crippen LogP) is 2.98. The van der Waals surface area contributed by atoms with Gasteiger partial charge in [-0.2, -0.15) is 0 Å². The molecule has 4 heteroatoms. The van der Waals surface area contributed by atoms with E-state index >= 15 is 0 Å². The number of rotatable bonds is 4. The molecule has 1 aromatic carbocycles. The molecule has 0 amide bonds. The number of likely N-dealkylation sites (tertiary alicyclic amines) is 1. The second-order valence-corrected chi connectivity index (χ2v) is 6.49. The van der Waals surface area contributed by atoms with Gasteiger partial charge >= 0.3 is 5.97 Å². The number of aryl methyl sites for hydroxylation is 3. The van der Waals surface area contributed by atoms with Gasteiger partial charge in [0.25, 0.3) is 0 Å². The molecular weight excluding hydrogens is 278 g/mol. The third kappa shape index (κ3) is 3.38. The Kier molecular flexibility index (Phi) is 5.01. The number of benzene rings is 1. The lowest BCUT2D eigenvalue weighted by Crippen LogP contribution is -2.47. The first-order valence-corrected chi connectivity index (χ1v) is 7.90. The number of Topliss-reactive ketones (excluding diaryl/α,β-unsaturated/α-hetero) is 1. The molecule has 1 saturated heterocycles.